The zero-order valence-corrected chi connectivity index (χ0v) is 12.7. The lowest BCUT2D eigenvalue weighted by molar-refractivity contribution is 0.197. The van der Waals surface area contributed by atoms with Crippen LogP contribution in [0.5, 0.6) is 0 Å². The van der Waals surface area contributed by atoms with Crippen LogP contribution in [0.4, 0.5) is 0 Å². The number of ether oxygens (including phenoxy) is 1. The van der Waals surface area contributed by atoms with Crippen molar-refractivity contribution in [1.29, 1.82) is 0 Å². The van der Waals surface area contributed by atoms with E-state index in [1.807, 2.05) is 5.51 Å². The second-order valence-corrected chi connectivity index (χ2v) is 5.66. The molecular weight excluding hydrogens is 268 g/mol. The summed E-state index contributed by atoms with van der Waals surface area (Å²) in [6.45, 7) is 2.66. The summed E-state index contributed by atoms with van der Waals surface area (Å²) in [5, 5.41) is 5.62. The molecule has 0 bridgehead atoms. The number of thiazole rings is 1. The normalized spacial score (nSPS) is 12.4. The summed E-state index contributed by atoms with van der Waals surface area (Å²) in [6, 6.07) is 10.7. The summed E-state index contributed by atoms with van der Waals surface area (Å²) >= 11 is 1.67. The summed E-state index contributed by atoms with van der Waals surface area (Å²) in [4.78, 5) is 4.41. The standard InChI is InChI=1S/C16H22N2OS/c1-19-8-7-17-11-15(10-16-12-20-13-18-16)9-14-5-3-2-4-6-14/h2-6,12-13,15,17H,7-11H2,1H3. The van der Waals surface area contributed by atoms with Crippen LogP contribution in [0, 0.1) is 5.92 Å². The molecule has 1 heterocycles. The molecule has 0 saturated heterocycles. The first-order valence-corrected chi connectivity index (χ1v) is 7.93. The number of hydrogen-bond acceptors (Lipinski definition) is 4. The van der Waals surface area contributed by atoms with Crippen LogP contribution >= 0.6 is 11.3 Å². The first-order valence-electron chi connectivity index (χ1n) is 6.99. The second-order valence-electron chi connectivity index (χ2n) is 4.94. The molecule has 108 valence electrons. The fourth-order valence-electron chi connectivity index (χ4n) is 2.28. The van der Waals surface area contributed by atoms with Crippen molar-refractivity contribution in [3.05, 3.63) is 52.5 Å². The van der Waals surface area contributed by atoms with Crippen molar-refractivity contribution in [2.45, 2.75) is 12.8 Å². The van der Waals surface area contributed by atoms with E-state index in [0.29, 0.717) is 5.92 Å². The molecule has 2 rings (SSSR count). The van der Waals surface area contributed by atoms with Crippen molar-refractivity contribution in [3.8, 4) is 0 Å². The number of rotatable bonds is 9. The Hall–Kier alpha value is -1.23. The molecule has 1 atom stereocenters. The van der Waals surface area contributed by atoms with E-state index in [2.05, 4.69) is 46.0 Å². The first-order chi connectivity index (χ1) is 9.88. The fourth-order valence-corrected chi connectivity index (χ4v) is 2.85. The molecule has 0 aliphatic rings. The quantitative estimate of drug-likeness (QED) is 0.721. The van der Waals surface area contributed by atoms with Gasteiger partial charge in [0.2, 0.25) is 0 Å². The molecule has 0 saturated carbocycles. The maximum Gasteiger partial charge on any atom is 0.0794 e. The minimum atomic E-state index is 0.566. The summed E-state index contributed by atoms with van der Waals surface area (Å²) in [7, 11) is 1.73. The van der Waals surface area contributed by atoms with Crippen molar-refractivity contribution in [3.63, 3.8) is 0 Å². The van der Waals surface area contributed by atoms with Gasteiger partial charge in [0, 0.05) is 19.0 Å². The summed E-state index contributed by atoms with van der Waals surface area (Å²) in [5.74, 6) is 0.566. The molecule has 1 aromatic carbocycles. The average molecular weight is 290 g/mol. The number of hydrogen-bond donors (Lipinski definition) is 1. The Morgan fingerprint density at radius 3 is 2.80 bits per heavy atom. The lowest BCUT2D eigenvalue weighted by Crippen LogP contribution is -2.28. The smallest absolute Gasteiger partial charge is 0.0794 e. The highest BCUT2D eigenvalue weighted by atomic mass is 32.1. The lowest BCUT2D eigenvalue weighted by atomic mass is 9.95. The Morgan fingerprint density at radius 2 is 2.10 bits per heavy atom. The monoisotopic (exact) mass is 290 g/mol. The maximum absolute atomic E-state index is 5.07. The third-order valence-electron chi connectivity index (χ3n) is 3.26. The predicted molar refractivity (Wildman–Crippen MR) is 84.2 cm³/mol. The molecule has 4 heteroatoms. The van der Waals surface area contributed by atoms with Gasteiger partial charge in [-0.3, -0.25) is 0 Å². The van der Waals surface area contributed by atoms with Crippen LogP contribution in [0.3, 0.4) is 0 Å². The van der Waals surface area contributed by atoms with E-state index in [0.717, 1.165) is 32.5 Å². The van der Waals surface area contributed by atoms with Crippen molar-refractivity contribution >= 4 is 11.3 Å². The van der Waals surface area contributed by atoms with Gasteiger partial charge in [-0.1, -0.05) is 30.3 Å². The Kier molecular flexibility index (Phi) is 6.71. The Morgan fingerprint density at radius 1 is 1.25 bits per heavy atom. The molecule has 0 radical (unpaired) electrons. The van der Waals surface area contributed by atoms with Crippen LogP contribution < -0.4 is 5.32 Å². The van der Waals surface area contributed by atoms with Crippen LogP contribution in [-0.4, -0.2) is 31.8 Å². The van der Waals surface area contributed by atoms with E-state index >= 15 is 0 Å². The van der Waals surface area contributed by atoms with Gasteiger partial charge in [-0.25, -0.2) is 4.98 Å². The Balaban J connectivity index is 1.89. The molecule has 0 spiro atoms. The predicted octanol–water partition coefficient (Wildman–Crippen LogP) is 2.78. The molecule has 2 aromatic rings. The Bertz CT molecular complexity index is 459. The molecule has 1 N–H and O–H groups in total. The van der Waals surface area contributed by atoms with Crippen molar-refractivity contribution in [2.24, 2.45) is 5.92 Å². The highest BCUT2D eigenvalue weighted by molar-refractivity contribution is 7.07. The molecule has 20 heavy (non-hydrogen) atoms. The van der Waals surface area contributed by atoms with E-state index < -0.39 is 0 Å². The number of benzene rings is 1. The molecule has 0 fully saturated rings. The third-order valence-corrected chi connectivity index (χ3v) is 3.90. The number of nitrogens with zero attached hydrogens (tertiary/aromatic N) is 1. The highest BCUT2D eigenvalue weighted by Gasteiger charge is 2.11. The zero-order valence-electron chi connectivity index (χ0n) is 11.9. The molecule has 1 aromatic heterocycles. The highest BCUT2D eigenvalue weighted by Crippen LogP contribution is 2.14. The maximum atomic E-state index is 5.07. The molecule has 0 amide bonds. The minimum Gasteiger partial charge on any atom is -0.383 e. The fraction of sp³-hybridized carbons (Fsp3) is 0.438. The van der Waals surface area contributed by atoms with Crippen LogP contribution in [-0.2, 0) is 17.6 Å². The second kappa shape index (κ2) is 8.84. The molecule has 1 unspecified atom stereocenters. The van der Waals surface area contributed by atoms with E-state index in [1.165, 1.54) is 11.3 Å². The first kappa shape index (κ1) is 15.2. The van der Waals surface area contributed by atoms with Gasteiger partial charge in [0.05, 0.1) is 17.8 Å². The van der Waals surface area contributed by atoms with Gasteiger partial charge in [-0.05, 0) is 30.9 Å². The number of methoxy groups -OCH3 is 1. The van der Waals surface area contributed by atoms with Gasteiger partial charge >= 0.3 is 0 Å². The third kappa shape index (κ3) is 5.41. The van der Waals surface area contributed by atoms with Crippen molar-refractivity contribution in [2.75, 3.05) is 26.8 Å². The van der Waals surface area contributed by atoms with Crippen LogP contribution in [0.15, 0.2) is 41.2 Å². The SMILES string of the molecule is COCCNCC(Cc1ccccc1)Cc1cscn1. The van der Waals surface area contributed by atoms with E-state index in [1.54, 1.807) is 18.4 Å². The number of aromatic nitrogens is 1. The van der Waals surface area contributed by atoms with Gasteiger partial charge in [0.25, 0.3) is 0 Å². The largest absolute Gasteiger partial charge is 0.383 e. The topological polar surface area (TPSA) is 34.1 Å². The van der Waals surface area contributed by atoms with Gasteiger partial charge in [0.1, 0.15) is 0 Å². The summed E-state index contributed by atoms with van der Waals surface area (Å²) < 4.78 is 5.07. The van der Waals surface area contributed by atoms with E-state index in [9.17, 15) is 0 Å². The Labute approximate surface area is 125 Å². The summed E-state index contributed by atoms with van der Waals surface area (Å²) in [5.41, 5.74) is 4.50. The average Bonchev–Trinajstić information content (AvgIpc) is 2.97. The lowest BCUT2D eigenvalue weighted by Gasteiger charge is -2.17. The summed E-state index contributed by atoms with van der Waals surface area (Å²) in [6.07, 6.45) is 2.11. The van der Waals surface area contributed by atoms with Crippen LogP contribution in [0.25, 0.3) is 0 Å². The van der Waals surface area contributed by atoms with E-state index in [-0.39, 0.29) is 0 Å². The van der Waals surface area contributed by atoms with Crippen molar-refractivity contribution < 1.29 is 4.74 Å². The van der Waals surface area contributed by atoms with Crippen molar-refractivity contribution in [1.82, 2.24) is 10.3 Å². The molecular formula is C16H22N2OS. The minimum absolute atomic E-state index is 0.566. The van der Waals surface area contributed by atoms with Gasteiger partial charge < -0.3 is 10.1 Å². The van der Waals surface area contributed by atoms with Crippen LogP contribution in [0.2, 0.25) is 0 Å². The zero-order chi connectivity index (χ0) is 14.0. The van der Waals surface area contributed by atoms with E-state index in [4.69, 9.17) is 4.74 Å². The van der Waals surface area contributed by atoms with Crippen LogP contribution in [0.1, 0.15) is 11.3 Å². The molecule has 0 aliphatic heterocycles. The van der Waals surface area contributed by atoms with Gasteiger partial charge in [0.15, 0.2) is 0 Å². The number of nitrogens with one attached hydrogen (secondary N) is 1. The van der Waals surface area contributed by atoms with Gasteiger partial charge in [-0.15, -0.1) is 11.3 Å². The molecule has 3 nitrogen and oxygen atoms in total. The molecule has 0 aliphatic carbocycles. The van der Waals surface area contributed by atoms with Gasteiger partial charge in [-0.2, -0.15) is 0 Å².